The van der Waals surface area contributed by atoms with Crippen molar-refractivity contribution in [2.45, 2.75) is 31.8 Å². The highest BCUT2D eigenvalue weighted by Gasteiger charge is 2.51. The highest BCUT2D eigenvalue weighted by atomic mass is 16.5. The average molecular weight is 317 g/mol. The zero-order chi connectivity index (χ0) is 15.7. The van der Waals surface area contributed by atoms with Crippen molar-refractivity contribution < 1.29 is 14.3 Å². The molecule has 23 heavy (non-hydrogen) atoms. The topological polar surface area (TPSA) is 64.5 Å². The van der Waals surface area contributed by atoms with Crippen LogP contribution in [0, 0.1) is 11.3 Å². The van der Waals surface area contributed by atoms with Gasteiger partial charge < -0.3 is 14.4 Å². The molecule has 3 aliphatic heterocycles. The molecule has 1 aromatic heterocycles. The van der Waals surface area contributed by atoms with E-state index >= 15 is 0 Å². The quantitative estimate of drug-likeness (QED) is 0.834. The van der Waals surface area contributed by atoms with Gasteiger partial charge in [-0.2, -0.15) is 0 Å². The summed E-state index contributed by atoms with van der Waals surface area (Å²) in [5, 5.41) is 0. The summed E-state index contributed by atoms with van der Waals surface area (Å²) in [5.41, 5.74) is 1.30. The normalized spacial score (nSPS) is 27.1. The van der Waals surface area contributed by atoms with E-state index in [4.69, 9.17) is 9.47 Å². The summed E-state index contributed by atoms with van der Waals surface area (Å²) >= 11 is 0. The van der Waals surface area contributed by atoms with Crippen molar-refractivity contribution in [3.8, 4) is 0 Å². The van der Waals surface area contributed by atoms with E-state index in [-0.39, 0.29) is 17.4 Å². The van der Waals surface area contributed by atoms with Gasteiger partial charge in [-0.25, -0.2) is 9.97 Å². The van der Waals surface area contributed by atoms with Crippen LogP contribution in [0.25, 0.3) is 0 Å². The molecule has 1 atom stereocenters. The number of hydrogen-bond donors (Lipinski definition) is 0. The van der Waals surface area contributed by atoms with Crippen molar-refractivity contribution in [3.05, 3.63) is 24.3 Å². The van der Waals surface area contributed by atoms with Crippen LogP contribution in [0.2, 0.25) is 0 Å². The number of ether oxygens (including phenoxy) is 2. The van der Waals surface area contributed by atoms with Gasteiger partial charge in [0.05, 0.1) is 12.7 Å². The summed E-state index contributed by atoms with van der Waals surface area (Å²) in [4.78, 5) is 22.6. The van der Waals surface area contributed by atoms with Gasteiger partial charge in [-0.3, -0.25) is 4.79 Å². The Morgan fingerprint density at radius 3 is 2.74 bits per heavy atom. The van der Waals surface area contributed by atoms with Crippen LogP contribution in [0.3, 0.4) is 0 Å². The lowest BCUT2D eigenvalue weighted by Gasteiger charge is -2.48. The number of hydrogen-bond acceptors (Lipinski definition) is 5. The summed E-state index contributed by atoms with van der Waals surface area (Å²) in [6.07, 6.45) is 9.10. The number of likely N-dealkylation sites (tertiary alicyclic amines) is 1. The Balaban J connectivity index is 1.28. The molecule has 6 nitrogen and oxygen atoms in total. The molecule has 0 radical (unpaired) electrons. The maximum Gasteiger partial charge on any atom is 0.225 e. The van der Waals surface area contributed by atoms with Gasteiger partial charge in [0.2, 0.25) is 5.91 Å². The van der Waals surface area contributed by atoms with Crippen LogP contribution >= 0.6 is 0 Å². The smallest absolute Gasteiger partial charge is 0.225 e. The minimum atomic E-state index is 0.167. The fourth-order valence-electron chi connectivity index (χ4n) is 4.07. The van der Waals surface area contributed by atoms with Gasteiger partial charge in [-0.15, -0.1) is 0 Å². The van der Waals surface area contributed by atoms with Gasteiger partial charge in [0, 0.05) is 56.5 Å². The monoisotopic (exact) mass is 317 g/mol. The zero-order valence-corrected chi connectivity index (χ0v) is 13.3. The molecule has 0 bridgehead atoms. The van der Waals surface area contributed by atoms with Crippen LogP contribution in [0.1, 0.15) is 24.8 Å². The molecule has 0 unspecified atom stereocenters. The molecule has 0 saturated carbocycles. The van der Waals surface area contributed by atoms with E-state index in [0.29, 0.717) is 5.91 Å². The van der Waals surface area contributed by atoms with Crippen molar-refractivity contribution >= 4 is 5.91 Å². The maximum atomic E-state index is 12.5. The molecular formula is C17H23N3O3. The van der Waals surface area contributed by atoms with E-state index < -0.39 is 0 Å². The van der Waals surface area contributed by atoms with Crippen molar-refractivity contribution in [3.63, 3.8) is 0 Å². The van der Waals surface area contributed by atoms with E-state index in [1.807, 2.05) is 17.3 Å². The zero-order valence-electron chi connectivity index (χ0n) is 13.3. The molecule has 3 fully saturated rings. The van der Waals surface area contributed by atoms with Crippen LogP contribution in [0.5, 0.6) is 0 Å². The third-order valence-corrected chi connectivity index (χ3v) is 5.30. The maximum absolute atomic E-state index is 12.5. The van der Waals surface area contributed by atoms with Gasteiger partial charge in [-0.1, -0.05) is 0 Å². The average Bonchev–Trinajstić information content (AvgIpc) is 2.99. The Morgan fingerprint density at radius 1 is 1.26 bits per heavy atom. The molecule has 4 heterocycles. The first-order chi connectivity index (χ1) is 11.2. The molecule has 1 aromatic rings. The van der Waals surface area contributed by atoms with Gasteiger partial charge >= 0.3 is 0 Å². The highest BCUT2D eigenvalue weighted by molar-refractivity contribution is 5.80. The third kappa shape index (κ3) is 3.10. The second-order valence-corrected chi connectivity index (χ2v) is 7.17. The van der Waals surface area contributed by atoms with Gasteiger partial charge in [0.15, 0.2) is 0 Å². The predicted molar refractivity (Wildman–Crippen MR) is 82.6 cm³/mol. The van der Waals surface area contributed by atoms with Crippen molar-refractivity contribution in [1.82, 2.24) is 14.9 Å². The number of carbonyl (C=O) groups is 1. The van der Waals surface area contributed by atoms with E-state index in [1.54, 1.807) is 6.33 Å². The van der Waals surface area contributed by atoms with E-state index in [0.717, 1.165) is 64.2 Å². The molecule has 3 saturated heterocycles. The summed E-state index contributed by atoms with van der Waals surface area (Å²) in [6, 6.07) is 0. The first-order valence-corrected chi connectivity index (χ1v) is 8.46. The number of aromatic nitrogens is 2. The standard InChI is InChI=1S/C17H23N3O3/c21-16(14-1-3-22-4-2-14)20-9-17(10-20)6-15(23-11-17)5-13-7-18-12-19-8-13/h7-8,12,14-15H,1-6,9-11H2/t15-/m1/s1. The molecule has 6 heteroatoms. The molecular weight excluding hydrogens is 294 g/mol. The third-order valence-electron chi connectivity index (χ3n) is 5.30. The van der Waals surface area contributed by atoms with Crippen molar-refractivity contribution in [1.29, 1.82) is 0 Å². The second-order valence-electron chi connectivity index (χ2n) is 7.17. The number of carbonyl (C=O) groups excluding carboxylic acids is 1. The summed E-state index contributed by atoms with van der Waals surface area (Å²) < 4.78 is 11.3. The lowest BCUT2D eigenvalue weighted by molar-refractivity contribution is -0.150. The molecule has 0 aliphatic carbocycles. The lowest BCUT2D eigenvalue weighted by atomic mass is 9.76. The second kappa shape index (κ2) is 6.17. The first kappa shape index (κ1) is 15.0. The van der Waals surface area contributed by atoms with Crippen LogP contribution in [-0.4, -0.2) is 59.8 Å². The van der Waals surface area contributed by atoms with E-state index in [2.05, 4.69) is 9.97 Å². The first-order valence-electron chi connectivity index (χ1n) is 8.46. The van der Waals surface area contributed by atoms with Crippen molar-refractivity contribution in [2.75, 3.05) is 32.9 Å². The fourth-order valence-corrected chi connectivity index (χ4v) is 4.07. The number of nitrogens with zero attached hydrogens (tertiary/aromatic N) is 3. The molecule has 3 aliphatic rings. The van der Waals surface area contributed by atoms with Crippen LogP contribution in [0.4, 0.5) is 0 Å². The Hall–Kier alpha value is -1.53. The van der Waals surface area contributed by atoms with Gasteiger partial charge in [-0.05, 0) is 24.8 Å². The Labute approximate surface area is 136 Å². The number of rotatable bonds is 3. The lowest BCUT2D eigenvalue weighted by Crippen LogP contribution is -2.60. The number of amides is 1. The van der Waals surface area contributed by atoms with Gasteiger partial charge in [0.1, 0.15) is 6.33 Å². The largest absolute Gasteiger partial charge is 0.381 e. The van der Waals surface area contributed by atoms with E-state index in [1.165, 1.54) is 0 Å². The van der Waals surface area contributed by atoms with Gasteiger partial charge in [0.25, 0.3) is 0 Å². The molecule has 0 N–H and O–H groups in total. The predicted octanol–water partition coefficient (Wildman–Crippen LogP) is 1.06. The van der Waals surface area contributed by atoms with Crippen LogP contribution < -0.4 is 0 Å². The Morgan fingerprint density at radius 2 is 2.00 bits per heavy atom. The molecule has 1 amide bonds. The molecule has 1 spiro atoms. The minimum absolute atomic E-state index is 0.167. The summed E-state index contributed by atoms with van der Waals surface area (Å²) in [6.45, 7) is 3.91. The Bertz CT molecular complexity index is 553. The van der Waals surface area contributed by atoms with Crippen LogP contribution in [-0.2, 0) is 20.7 Å². The van der Waals surface area contributed by atoms with Crippen molar-refractivity contribution in [2.24, 2.45) is 11.3 Å². The Kier molecular flexibility index (Phi) is 4.03. The highest BCUT2D eigenvalue weighted by Crippen LogP contribution is 2.42. The molecule has 0 aromatic carbocycles. The SMILES string of the molecule is O=C(C1CCOCC1)N1CC2(CO[C@H](Cc3cncnc3)C2)C1. The molecule has 124 valence electrons. The molecule has 4 rings (SSSR count). The minimum Gasteiger partial charge on any atom is -0.381 e. The summed E-state index contributed by atoms with van der Waals surface area (Å²) in [5.74, 6) is 0.486. The fraction of sp³-hybridized carbons (Fsp3) is 0.706. The van der Waals surface area contributed by atoms with Crippen LogP contribution in [0.15, 0.2) is 18.7 Å². The summed E-state index contributed by atoms with van der Waals surface area (Å²) in [7, 11) is 0. The van der Waals surface area contributed by atoms with E-state index in [9.17, 15) is 4.79 Å².